The molecule has 2 aromatic rings. The lowest BCUT2D eigenvalue weighted by atomic mass is 10.2. The van der Waals surface area contributed by atoms with Crippen LogP contribution in [0.4, 0.5) is 10.1 Å². The number of aromatic nitrogens is 1. The molecule has 2 amide bonds. The first kappa shape index (κ1) is 17.1. The van der Waals surface area contributed by atoms with Crippen LogP contribution in [0.5, 0.6) is 0 Å². The minimum Gasteiger partial charge on any atom is -0.339 e. The molecule has 6 heteroatoms. The third-order valence-electron chi connectivity index (χ3n) is 4.22. The predicted molar refractivity (Wildman–Crippen MR) is 93.0 cm³/mol. The Balaban J connectivity index is 1.74. The van der Waals surface area contributed by atoms with E-state index in [4.69, 9.17) is 0 Å². The Kier molecular flexibility index (Phi) is 5.38. The zero-order valence-electron chi connectivity index (χ0n) is 13.9. The van der Waals surface area contributed by atoms with Gasteiger partial charge < -0.3 is 10.2 Å². The van der Waals surface area contributed by atoms with Crippen molar-refractivity contribution in [1.82, 2.24) is 9.88 Å². The van der Waals surface area contributed by atoms with Crippen molar-refractivity contribution in [3.63, 3.8) is 0 Å². The molecule has 1 fully saturated rings. The molecule has 2 heterocycles. The maximum Gasteiger partial charge on any atom is 0.274 e. The van der Waals surface area contributed by atoms with E-state index in [1.54, 1.807) is 12.1 Å². The van der Waals surface area contributed by atoms with Crippen LogP contribution >= 0.6 is 0 Å². The molecule has 5 nitrogen and oxygen atoms in total. The average molecular weight is 341 g/mol. The lowest BCUT2D eigenvalue weighted by molar-refractivity contribution is 0.0761. The van der Waals surface area contributed by atoms with Gasteiger partial charge in [0.1, 0.15) is 11.5 Å². The first-order valence-corrected chi connectivity index (χ1v) is 8.46. The Bertz CT molecular complexity index is 771. The molecule has 1 saturated heterocycles. The molecule has 0 atom stereocenters. The molecule has 1 N–H and O–H groups in total. The molecule has 3 rings (SSSR count). The number of anilines is 1. The second-order valence-electron chi connectivity index (χ2n) is 6.10. The summed E-state index contributed by atoms with van der Waals surface area (Å²) < 4.78 is 13.2. The van der Waals surface area contributed by atoms with E-state index in [9.17, 15) is 14.0 Å². The summed E-state index contributed by atoms with van der Waals surface area (Å²) in [6.45, 7) is 1.48. The van der Waals surface area contributed by atoms with Gasteiger partial charge in [0.05, 0.1) is 0 Å². The smallest absolute Gasteiger partial charge is 0.274 e. The Hall–Kier alpha value is -2.76. The molecule has 0 spiro atoms. The number of hydrogen-bond donors (Lipinski definition) is 1. The van der Waals surface area contributed by atoms with Crippen molar-refractivity contribution in [2.24, 2.45) is 0 Å². The van der Waals surface area contributed by atoms with Gasteiger partial charge in [0.2, 0.25) is 0 Å². The van der Waals surface area contributed by atoms with Gasteiger partial charge in [-0.25, -0.2) is 4.39 Å². The van der Waals surface area contributed by atoms with E-state index in [-0.39, 0.29) is 11.6 Å². The summed E-state index contributed by atoms with van der Waals surface area (Å²) in [6, 6.07) is 8.73. The number of halogens is 1. The number of benzene rings is 1. The molecule has 0 saturated carbocycles. The third-order valence-corrected chi connectivity index (χ3v) is 4.22. The number of rotatable bonds is 3. The summed E-state index contributed by atoms with van der Waals surface area (Å²) in [5.74, 6) is -0.990. The lowest BCUT2D eigenvalue weighted by Gasteiger charge is -2.20. The number of nitrogens with zero attached hydrogens (tertiary/aromatic N) is 2. The van der Waals surface area contributed by atoms with Crippen LogP contribution in [0.15, 0.2) is 42.6 Å². The summed E-state index contributed by atoms with van der Waals surface area (Å²) in [6.07, 6.45) is 5.74. The van der Waals surface area contributed by atoms with Crippen LogP contribution in [-0.4, -0.2) is 34.8 Å². The first-order chi connectivity index (χ1) is 12.1. The number of hydrogen-bond acceptors (Lipinski definition) is 3. The quantitative estimate of drug-likeness (QED) is 0.929. The number of amides is 2. The monoisotopic (exact) mass is 341 g/mol. The van der Waals surface area contributed by atoms with Gasteiger partial charge in [-0.15, -0.1) is 0 Å². The predicted octanol–water partition coefficient (Wildman–Crippen LogP) is 3.49. The van der Waals surface area contributed by atoms with Gasteiger partial charge in [0.15, 0.2) is 0 Å². The summed E-state index contributed by atoms with van der Waals surface area (Å²) in [4.78, 5) is 30.8. The average Bonchev–Trinajstić information content (AvgIpc) is 2.90. The van der Waals surface area contributed by atoms with Crippen LogP contribution < -0.4 is 5.32 Å². The van der Waals surface area contributed by atoms with Crippen LogP contribution in [0.2, 0.25) is 0 Å². The van der Waals surface area contributed by atoms with Crippen molar-refractivity contribution in [2.75, 3.05) is 18.4 Å². The second kappa shape index (κ2) is 7.88. The van der Waals surface area contributed by atoms with Gasteiger partial charge in [-0.3, -0.25) is 14.6 Å². The molecule has 1 aromatic carbocycles. The highest BCUT2D eigenvalue weighted by Crippen LogP contribution is 2.15. The topological polar surface area (TPSA) is 62.3 Å². The van der Waals surface area contributed by atoms with Gasteiger partial charge in [0.25, 0.3) is 11.8 Å². The van der Waals surface area contributed by atoms with Gasteiger partial charge >= 0.3 is 0 Å². The fraction of sp³-hybridized carbons (Fsp3) is 0.316. The van der Waals surface area contributed by atoms with Gasteiger partial charge in [-0.05, 0) is 43.2 Å². The van der Waals surface area contributed by atoms with E-state index >= 15 is 0 Å². The Morgan fingerprint density at radius 3 is 2.52 bits per heavy atom. The van der Waals surface area contributed by atoms with E-state index in [1.165, 1.54) is 30.5 Å². The summed E-state index contributed by atoms with van der Waals surface area (Å²) in [5.41, 5.74) is 0.919. The van der Waals surface area contributed by atoms with Crippen LogP contribution in [0.3, 0.4) is 0 Å². The molecule has 0 radical (unpaired) electrons. The molecule has 1 aromatic heterocycles. The molecule has 0 unspecified atom stereocenters. The lowest BCUT2D eigenvalue weighted by Crippen LogP contribution is -2.32. The van der Waals surface area contributed by atoms with Crippen LogP contribution in [0.25, 0.3) is 0 Å². The number of carbonyl (C=O) groups is 2. The fourth-order valence-electron chi connectivity index (χ4n) is 2.91. The van der Waals surface area contributed by atoms with E-state index < -0.39 is 11.7 Å². The van der Waals surface area contributed by atoms with Crippen molar-refractivity contribution < 1.29 is 14.0 Å². The van der Waals surface area contributed by atoms with Crippen LogP contribution in [-0.2, 0) is 0 Å². The van der Waals surface area contributed by atoms with E-state index in [2.05, 4.69) is 10.3 Å². The molecule has 0 aliphatic carbocycles. The Morgan fingerprint density at radius 1 is 1.04 bits per heavy atom. The van der Waals surface area contributed by atoms with Crippen molar-refractivity contribution in [1.29, 1.82) is 0 Å². The fourth-order valence-corrected chi connectivity index (χ4v) is 2.91. The number of nitrogens with one attached hydrogen (secondary N) is 1. The van der Waals surface area contributed by atoms with E-state index in [0.717, 1.165) is 38.8 Å². The summed E-state index contributed by atoms with van der Waals surface area (Å²) in [7, 11) is 0. The summed E-state index contributed by atoms with van der Waals surface area (Å²) >= 11 is 0. The summed E-state index contributed by atoms with van der Waals surface area (Å²) in [5, 5.41) is 2.59. The van der Waals surface area contributed by atoms with Crippen LogP contribution in [0.1, 0.15) is 46.5 Å². The molecule has 130 valence electrons. The molecular formula is C19H20FN3O2. The van der Waals surface area contributed by atoms with E-state index in [0.29, 0.717) is 11.3 Å². The number of pyridine rings is 1. The molecule has 1 aliphatic rings. The zero-order chi connectivity index (χ0) is 17.6. The van der Waals surface area contributed by atoms with Gasteiger partial charge in [-0.2, -0.15) is 0 Å². The van der Waals surface area contributed by atoms with Crippen molar-refractivity contribution in [3.05, 3.63) is 59.7 Å². The highest BCUT2D eigenvalue weighted by atomic mass is 19.1. The highest BCUT2D eigenvalue weighted by molar-refractivity contribution is 6.04. The SMILES string of the molecule is O=C(Nc1cccc(F)c1)c1cc(C(=O)N2CCCCCC2)ccn1. The Labute approximate surface area is 145 Å². The standard InChI is InChI=1S/C19H20FN3O2/c20-15-6-5-7-16(13-15)22-18(24)17-12-14(8-9-21-17)19(25)23-10-3-1-2-4-11-23/h5-9,12-13H,1-4,10-11H2,(H,22,24). The number of carbonyl (C=O) groups excluding carboxylic acids is 2. The highest BCUT2D eigenvalue weighted by Gasteiger charge is 2.19. The molecule has 0 bridgehead atoms. The first-order valence-electron chi connectivity index (χ1n) is 8.46. The van der Waals surface area contributed by atoms with Crippen molar-refractivity contribution >= 4 is 17.5 Å². The van der Waals surface area contributed by atoms with Crippen molar-refractivity contribution in [3.8, 4) is 0 Å². The van der Waals surface area contributed by atoms with Crippen molar-refractivity contribution in [2.45, 2.75) is 25.7 Å². The van der Waals surface area contributed by atoms with Gasteiger partial charge in [0, 0.05) is 30.5 Å². The molecule has 25 heavy (non-hydrogen) atoms. The number of likely N-dealkylation sites (tertiary alicyclic amines) is 1. The van der Waals surface area contributed by atoms with Gasteiger partial charge in [-0.1, -0.05) is 18.9 Å². The molecule has 1 aliphatic heterocycles. The normalized spacial score (nSPS) is 14.7. The Morgan fingerprint density at radius 2 is 1.80 bits per heavy atom. The van der Waals surface area contributed by atoms with E-state index in [1.807, 2.05) is 4.90 Å². The van der Waals surface area contributed by atoms with Crippen LogP contribution in [0, 0.1) is 5.82 Å². The third kappa shape index (κ3) is 4.41. The zero-order valence-corrected chi connectivity index (χ0v) is 13.9. The minimum absolute atomic E-state index is 0.0795. The minimum atomic E-state index is -0.476. The second-order valence-corrected chi connectivity index (χ2v) is 6.10. The maximum atomic E-state index is 13.2. The maximum absolute atomic E-state index is 13.2. The molecular weight excluding hydrogens is 321 g/mol. The largest absolute Gasteiger partial charge is 0.339 e.